The van der Waals surface area contributed by atoms with E-state index in [4.69, 9.17) is 9.84 Å². The smallest absolute Gasteiger partial charge is 0.338 e. The van der Waals surface area contributed by atoms with Gasteiger partial charge in [0.25, 0.3) is 0 Å². The molecule has 0 aliphatic rings. The highest BCUT2D eigenvalue weighted by Crippen LogP contribution is 2.43. The number of oxime groups is 1. The molecule has 8 heteroatoms. The highest BCUT2D eigenvalue weighted by atomic mass is 31.1. The van der Waals surface area contributed by atoms with Crippen LogP contribution in [0.25, 0.3) is 0 Å². The molecule has 0 bridgehead atoms. The first-order valence-corrected chi connectivity index (χ1v) is 12.2. The van der Waals surface area contributed by atoms with Crippen LogP contribution in [-0.2, 0) is 14.4 Å². The molecule has 2 aromatic carbocycles. The van der Waals surface area contributed by atoms with Crippen molar-refractivity contribution in [2.24, 2.45) is 5.16 Å². The molecule has 182 valence electrons. The van der Waals surface area contributed by atoms with E-state index in [1.165, 1.54) is 13.8 Å². The van der Waals surface area contributed by atoms with Crippen LogP contribution in [0.3, 0.4) is 0 Å². The summed E-state index contributed by atoms with van der Waals surface area (Å²) >= 11 is 0. The van der Waals surface area contributed by atoms with Crippen molar-refractivity contribution in [3.05, 3.63) is 95.9 Å². The lowest BCUT2D eigenvalue weighted by atomic mass is 10.1. The minimum absolute atomic E-state index is 0.0586. The Morgan fingerprint density at radius 2 is 1.57 bits per heavy atom. The fourth-order valence-corrected chi connectivity index (χ4v) is 5.40. The number of esters is 1. The molecule has 2 aromatic rings. The van der Waals surface area contributed by atoms with Crippen molar-refractivity contribution >= 4 is 42.0 Å². The van der Waals surface area contributed by atoms with E-state index in [0.29, 0.717) is 11.1 Å². The average molecular weight is 493 g/mol. The Bertz CT molecular complexity index is 1150. The van der Waals surface area contributed by atoms with Gasteiger partial charge in [0.05, 0.1) is 12.2 Å². The van der Waals surface area contributed by atoms with Crippen LogP contribution in [-0.4, -0.2) is 41.8 Å². The molecule has 0 aromatic heterocycles. The lowest BCUT2D eigenvalue weighted by Crippen LogP contribution is -2.16. The maximum Gasteiger partial charge on any atom is 0.338 e. The first-order chi connectivity index (χ1) is 16.8. The van der Waals surface area contributed by atoms with E-state index in [2.05, 4.69) is 16.6 Å². The largest absolute Gasteiger partial charge is 0.460 e. The van der Waals surface area contributed by atoms with E-state index in [9.17, 15) is 14.4 Å². The van der Waals surface area contributed by atoms with Gasteiger partial charge in [0.1, 0.15) is 12.3 Å². The summed E-state index contributed by atoms with van der Waals surface area (Å²) in [6.07, 6.45) is 7.60. The number of benzene rings is 2. The van der Waals surface area contributed by atoms with Gasteiger partial charge in [0.15, 0.2) is 0 Å². The maximum atomic E-state index is 12.6. The predicted molar refractivity (Wildman–Crippen MR) is 139 cm³/mol. The van der Waals surface area contributed by atoms with Crippen molar-refractivity contribution < 1.29 is 29.1 Å². The highest BCUT2D eigenvalue weighted by molar-refractivity contribution is 7.77. The standard InChI is InChI=1S/C27H28NO6P/c1-5-7-23(8-6-2)35(25-15-11-22(12-16-25)27(32)33-18-17-29)24-13-9-21(10-14-24)26(31)19(3)28-34-20(4)30/h5-16,29H,1,17-18H2,2-4H3/b8-6-,23-7+,28-19+. The third-order valence-corrected chi connectivity index (χ3v) is 7.04. The molecule has 0 radical (unpaired) electrons. The van der Waals surface area contributed by atoms with Gasteiger partial charge in [0, 0.05) is 12.5 Å². The topological polar surface area (TPSA) is 102 Å². The van der Waals surface area contributed by atoms with Gasteiger partial charge >= 0.3 is 11.9 Å². The second-order valence-electron chi connectivity index (χ2n) is 7.20. The van der Waals surface area contributed by atoms with E-state index in [1.54, 1.807) is 30.3 Å². The van der Waals surface area contributed by atoms with Crippen LogP contribution in [0, 0.1) is 0 Å². The summed E-state index contributed by atoms with van der Waals surface area (Å²) in [6.45, 7) is 8.16. The van der Waals surface area contributed by atoms with Crippen molar-refractivity contribution in [2.75, 3.05) is 13.2 Å². The van der Waals surface area contributed by atoms with Gasteiger partial charge in [-0.25, -0.2) is 9.59 Å². The number of ether oxygens (including phenoxy) is 1. The molecule has 0 aliphatic heterocycles. The van der Waals surface area contributed by atoms with E-state index < -0.39 is 19.9 Å². The molecule has 1 atom stereocenters. The first-order valence-electron chi connectivity index (χ1n) is 10.8. The van der Waals surface area contributed by atoms with Crippen molar-refractivity contribution in [1.29, 1.82) is 0 Å². The summed E-state index contributed by atoms with van der Waals surface area (Å²) in [4.78, 5) is 40.2. The number of ketones is 1. The Morgan fingerprint density at radius 1 is 1.00 bits per heavy atom. The molecule has 1 N–H and O–H groups in total. The zero-order chi connectivity index (χ0) is 25.8. The number of carbonyl (C=O) groups excluding carboxylic acids is 3. The molecule has 7 nitrogen and oxygen atoms in total. The third kappa shape index (κ3) is 7.95. The number of rotatable bonds is 11. The molecule has 0 heterocycles. The molecule has 35 heavy (non-hydrogen) atoms. The van der Waals surface area contributed by atoms with Gasteiger partial charge in [-0.05, 0) is 49.8 Å². The van der Waals surface area contributed by atoms with Gasteiger partial charge in [-0.3, -0.25) is 4.79 Å². The SMILES string of the molecule is C=C/C=C(\C=C/C)P(c1ccc(C(=O)OCCO)cc1)c1ccc(C(=O)/C(C)=N/OC(C)=O)cc1. The molecule has 0 aliphatic carbocycles. The van der Waals surface area contributed by atoms with E-state index >= 15 is 0 Å². The molecule has 0 amide bonds. The molecule has 0 spiro atoms. The second kappa shape index (κ2) is 13.9. The molecule has 0 fully saturated rings. The van der Waals surface area contributed by atoms with Gasteiger partial charge in [0.2, 0.25) is 5.78 Å². The normalized spacial score (nSPS) is 12.8. The third-order valence-electron chi connectivity index (χ3n) is 4.60. The van der Waals surface area contributed by atoms with Crippen LogP contribution < -0.4 is 10.6 Å². The lowest BCUT2D eigenvalue weighted by Gasteiger charge is -2.21. The summed E-state index contributed by atoms with van der Waals surface area (Å²) in [5, 5.41) is 15.4. The Hall–Kier alpha value is -3.67. The van der Waals surface area contributed by atoms with Crippen LogP contribution in [0.2, 0.25) is 0 Å². The quantitative estimate of drug-likeness (QED) is 0.0965. The zero-order valence-corrected chi connectivity index (χ0v) is 20.8. The fraction of sp³-hybridized carbons (Fsp3) is 0.185. The number of hydrogen-bond donors (Lipinski definition) is 1. The minimum Gasteiger partial charge on any atom is -0.460 e. The molecular weight excluding hydrogens is 465 g/mol. The zero-order valence-electron chi connectivity index (χ0n) is 19.9. The van der Waals surface area contributed by atoms with Crippen molar-refractivity contribution in [2.45, 2.75) is 20.8 Å². The van der Waals surface area contributed by atoms with Gasteiger partial charge in [-0.2, -0.15) is 0 Å². The molecule has 2 rings (SSSR count). The summed E-state index contributed by atoms with van der Waals surface area (Å²) in [7, 11) is -1.03. The predicted octanol–water partition coefficient (Wildman–Crippen LogP) is 4.04. The molecule has 1 unspecified atom stereocenters. The minimum atomic E-state index is -1.03. The monoisotopic (exact) mass is 493 g/mol. The lowest BCUT2D eigenvalue weighted by molar-refractivity contribution is -0.140. The maximum absolute atomic E-state index is 12.6. The Balaban J connectivity index is 2.44. The Kier molecular flexibility index (Phi) is 10.9. The molecule has 0 saturated carbocycles. The number of allylic oxidation sites excluding steroid dienone is 5. The Morgan fingerprint density at radius 3 is 2.06 bits per heavy atom. The average Bonchev–Trinajstić information content (AvgIpc) is 2.86. The summed E-state index contributed by atoms with van der Waals surface area (Å²) < 4.78 is 4.98. The van der Waals surface area contributed by atoms with E-state index in [0.717, 1.165) is 15.9 Å². The van der Waals surface area contributed by atoms with Crippen LogP contribution in [0.4, 0.5) is 0 Å². The van der Waals surface area contributed by atoms with Crippen molar-refractivity contribution in [3.63, 3.8) is 0 Å². The number of aliphatic hydroxyl groups is 1. The summed E-state index contributed by atoms with van der Waals surface area (Å²) in [6, 6.07) is 14.3. The van der Waals surface area contributed by atoms with Crippen molar-refractivity contribution in [3.8, 4) is 0 Å². The van der Waals surface area contributed by atoms with Gasteiger partial charge in [-0.1, -0.05) is 72.4 Å². The Labute approximate surface area is 206 Å². The fourth-order valence-electron chi connectivity index (χ4n) is 3.06. The number of hydrogen-bond acceptors (Lipinski definition) is 7. The molecular formula is C27H28NO6P. The van der Waals surface area contributed by atoms with Gasteiger partial charge < -0.3 is 14.7 Å². The van der Waals surface area contributed by atoms with Crippen LogP contribution in [0.15, 0.2) is 89.9 Å². The molecule has 0 saturated heterocycles. The van der Waals surface area contributed by atoms with Crippen LogP contribution >= 0.6 is 7.92 Å². The van der Waals surface area contributed by atoms with Crippen LogP contribution in [0.5, 0.6) is 0 Å². The number of carbonyl (C=O) groups is 3. The van der Waals surface area contributed by atoms with Crippen LogP contribution in [0.1, 0.15) is 41.5 Å². The van der Waals surface area contributed by atoms with E-state index in [-0.39, 0.29) is 24.7 Å². The highest BCUT2D eigenvalue weighted by Gasteiger charge is 2.19. The first kappa shape index (κ1) is 27.6. The number of aliphatic hydroxyl groups excluding tert-OH is 1. The van der Waals surface area contributed by atoms with Gasteiger partial charge in [-0.15, -0.1) is 0 Å². The van der Waals surface area contributed by atoms with E-state index in [1.807, 2.05) is 49.4 Å². The number of nitrogens with zero attached hydrogens (tertiary/aromatic N) is 1. The summed E-state index contributed by atoms with van der Waals surface area (Å²) in [5.74, 6) is -1.45. The van der Waals surface area contributed by atoms with Crippen molar-refractivity contribution in [1.82, 2.24) is 0 Å². The second-order valence-corrected chi connectivity index (χ2v) is 9.42. The summed E-state index contributed by atoms with van der Waals surface area (Å²) in [5.41, 5.74) is 0.875. The number of Topliss-reactive ketones (excluding diaryl/α,β-unsaturated/α-hetero) is 1.